The highest BCUT2D eigenvalue weighted by Gasteiger charge is 2.22. The summed E-state index contributed by atoms with van der Waals surface area (Å²) in [5, 5.41) is 0. The SMILES string of the molecule is Cc1ccc(S(=O)(=O)NCC2Cc3ccccc3CO2)cc1C. The van der Waals surface area contributed by atoms with Crippen LogP contribution in [0, 0.1) is 13.8 Å². The summed E-state index contributed by atoms with van der Waals surface area (Å²) >= 11 is 0. The van der Waals surface area contributed by atoms with Gasteiger partial charge in [-0.25, -0.2) is 13.1 Å². The largest absolute Gasteiger partial charge is 0.372 e. The summed E-state index contributed by atoms with van der Waals surface area (Å²) in [7, 11) is -3.51. The zero-order valence-electron chi connectivity index (χ0n) is 13.4. The molecule has 1 aliphatic rings. The van der Waals surface area contributed by atoms with Crippen LogP contribution in [0.3, 0.4) is 0 Å². The first-order chi connectivity index (χ1) is 11.0. The van der Waals surface area contributed by atoms with Crippen LogP contribution >= 0.6 is 0 Å². The van der Waals surface area contributed by atoms with Crippen molar-refractivity contribution in [1.29, 1.82) is 0 Å². The van der Waals surface area contributed by atoms with Gasteiger partial charge in [0.05, 0.1) is 17.6 Å². The molecule has 1 unspecified atom stereocenters. The summed E-state index contributed by atoms with van der Waals surface area (Å²) in [5.74, 6) is 0. The van der Waals surface area contributed by atoms with E-state index in [0.29, 0.717) is 11.5 Å². The van der Waals surface area contributed by atoms with E-state index in [1.807, 2.05) is 38.1 Å². The molecule has 23 heavy (non-hydrogen) atoms. The van der Waals surface area contributed by atoms with Crippen LogP contribution in [0.1, 0.15) is 22.3 Å². The van der Waals surface area contributed by atoms with E-state index in [2.05, 4.69) is 10.8 Å². The number of rotatable bonds is 4. The van der Waals surface area contributed by atoms with Crippen LogP contribution in [0.5, 0.6) is 0 Å². The van der Waals surface area contributed by atoms with Crippen molar-refractivity contribution in [3.8, 4) is 0 Å². The topological polar surface area (TPSA) is 55.4 Å². The zero-order valence-corrected chi connectivity index (χ0v) is 14.2. The molecule has 0 spiro atoms. The number of hydrogen-bond donors (Lipinski definition) is 1. The normalized spacial score (nSPS) is 17.7. The average molecular weight is 331 g/mol. The van der Waals surface area contributed by atoms with Crippen molar-refractivity contribution in [1.82, 2.24) is 4.72 Å². The summed E-state index contributed by atoms with van der Waals surface area (Å²) in [6.07, 6.45) is 0.595. The molecule has 0 fully saturated rings. The molecular weight excluding hydrogens is 310 g/mol. The van der Waals surface area contributed by atoms with E-state index in [1.165, 1.54) is 11.1 Å². The van der Waals surface area contributed by atoms with Gasteiger partial charge in [-0.05, 0) is 48.2 Å². The highest BCUT2D eigenvalue weighted by Crippen LogP contribution is 2.20. The van der Waals surface area contributed by atoms with Crippen molar-refractivity contribution in [3.05, 3.63) is 64.7 Å². The fraction of sp³-hybridized carbons (Fsp3) is 0.333. The van der Waals surface area contributed by atoms with Crippen molar-refractivity contribution in [2.75, 3.05) is 6.54 Å². The molecule has 0 aliphatic carbocycles. The molecule has 3 rings (SSSR count). The second-order valence-electron chi connectivity index (χ2n) is 6.00. The van der Waals surface area contributed by atoms with Crippen LogP contribution < -0.4 is 4.72 Å². The summed E-state index contributed by atoms with van der Waals surface area (Å²) in [6, 6.07) is 13.3. The van der Waals surface area contributed by atoms with Crippen LogP contribution in [-0.4, -0.2) is 21.1 Å². The van der Waals surface area contributed by atoms with Gasteiger partial charge in [0.2, 0.25) is 10.0 Å². The van der Waals surface area contributed by atoms with Gasteiger partial charge in [0.25, 0.3) is 0 Å². The first-order valence-electron chi connectivity index (χ1n) is 7.71. The van der Waals surface area contributed by atoms with Crippen molar-refractivity contribution >= 4 is 10.0 Å². The van der Waals surface area contributed by atoms with E-state index in [9.17, 15) is 8.42 Å². The second kappa shape index (κ2) is 6.43. The summed E-state index contributed by atoms with van der Waals surface area (Å²) in [6.45, 7) is 4.69. The highest BCUT2D eigenvalue weighted by molar-refractivity contribution is 7.89. The predicted octanol–water partition coefficient (Wildman–Crippen LogP) is 2.72. The van der Waals surface area contributed by atoms with Gasteiger partial charge in [0.15, 0.2) is 0 Å². The highest BCUT2D eigenvalue weighted by atomic mass is 32.2. The number of benzene rings is 2. The van der Waals surface area contributed by atoms with E-state index in [1.54, 1.807) is 12.1 Å². The number of ether oxygens (including phenoxy) is 1. The maximum atomic E-state index is 12.4. The minimum atomic E-state index is -3.51. The summed E-state index contributed by atoms with van der Waals surface area (Å²) < 4.78 is 33.3. The molecule has 0 saturated carbocycles. The fourth-order valence-electron chi connectivity index (χ4n) is 2.71. The Morgan fingerprint density at radius 3 is 2.57 bits per heavy atom. The first kappa shape index (κ1) is 16.2. The number of nitrogens with one attached hydrogen (secondary N) is 1. The summed E-state index contributed by atoms with van der Waals surface area (Å²) in [5.41, 5.74) is 4.46. The molecule has 2 aromatic rings. The lowest BCUT2D eigenvalue weighted by molar-refractivity contribution is 0.0322. The average Bonchev–Trinajstić information content (AvgIpc) is 2.55. The molecule has 1 aliphatic heterocycles. The summed E-state index contributed by atoms with van der Waals surface area (Å²) in [4.78, 5) is 0.303. The minimum Gasteiger partial charge on any atom is -0.372 e. The predicted molar refractivity (Wildman–Crippen MR) is 89.8 cm³/mol. The Morgan fingerprint density at radius 1 is 1.09 bits per heavy atom. The Hall–Kier alpha value is -1.69. The van der Waals surface area contributed by atoms with Gasteiger partial charge in [0.1, 0.15) is 0 Å². The van der Waals surface area contributed by atoms with Gasteiger partial charge in [-0.3, -0.25) is 0 Å². The monoisotopic (exact) mass is 331 g/mol. The maximum Gasteiger partial charge on any atom is 0.240 e. The molecule has 4 nitrogen and oxygen atoms in total. The van der Waals surface area contributed by atoms with E-state index in [0.717, 1.165) is 17.5 Å². The standard InChI is InChI=1S/C18H21NO3S/c1-13-7-8-18(9-14(13)2)23(20,21)19-11-17-10-15-5-3-4-6-16(15)12-22-17/h3-9,17,19H,10-12H2,1-2H3. The fourth-order valence-corrected chi connectivity index (χ4v) is 3.86. The quantitative estimate of drug-likeness (QED) is 0.937. The van der Waals surface area contributed by atoms with Gasteiger partial charge in [0, 0.05) is 13.0 Å². The van der Waals surface area contributed by atoms with Crippen LogP contribution in [-0.2, 0) is 27.8 Å². The lowest BCUT2D eigenvalue weighted by Gasteiger charge is -2.25. The molecule has 0 amide bonds. The molecule has 0 saturated heterocycles. The van der Waals surface area contributed by atoms with Gasteiger partial charge in [-0.1, -0.05) is 30.3 Å². The molecule has 1 N–H and O–H groups in total. The van der Waals surface area contributed by atoms with E-state index < -0.39 is 10.0 Å². The van der Waals surface area contributed by atoms with E-state index in [-0.39, 0.29) is 12.6 Å². The molecule has 1 atom stereocenters. The Kier molecular flexibility index (Phi) is 4.53. The van der Waals surface area contributed by atoms with Gasteiger partial charge in [-0.2, -0.15) is 0 Å². The lowest BCUT2D eigenvalue weighted by Crippen LogP contribution is -2.36. The van der Waals surface area contributed by atoms with Crippen molar-refractivity contribution < 1.29 is 13.2 Å². The molecule has 1 heterocycles. The molecule has 0 bridgehead atoms. The molecule has 5 heteroatoms. The Morgan fingerprint density at radius 2 is 1.83 bits per heavy atom. The van der Waals surface area contributed by atoms with Gasteiger partial charge < -0.3 is 4.74 Å². The Bertz CT molecular complexity index is 815. The number of aryl methyl sites for hydroxylation is 2. The third-order valence-corrected chi connectivity index (χ3v) is 5.75. The maximum absolute atomic E-state index is 12.4. The van der Waals surface area contributed by atoms with Crippen molar-refractivity contribution in [2.24, 2.45) is 0 Å². The Balaban J connectivity index is 1.67. The lowest BCUT2D eigenvalue weighted by atomic mass is 9.99. The number of hydrogen-bond acceptors (Lipinski definition) is 3. The van der Waals surface area contributed by atoms with Gasteiger partial charge >= 0.3 is 0 Å². The molecule has 2 aromatic carbocycles. The number of sulfonamides is 1. The Labute approximate surface area is 137 Å². The first-order valence-corrected chi connectivity index (χ1v) is 9.19. The van der Waals surface area contributed by atoms with Gasteiger partial charge in [-0.15, -0.1) is 0 Å². The second-order valence-corrected chi connectivity index (χ2v) is 7.77. The molecule has 0 aromatic heterocycles. The minimum absolute atomic E-state index is 0.133. The molecular formula is C18H21NO3S. The third-order valence-electron chi connectivity index (χ3n) is 4.33. The number of fused-ring (bicyclic) bond motifs is 1. The van der Waals surface area contributed by atoms with Crippen LogP contribution in [0.25, 0.3) is 0 Å². The third kappa shape index (κ3) is 3.63. The van der Waals surface area contributed by atoms with Crippen LogP contribution in [0.4, 0.5) is 0 Å². The van der Waals surface area contributed by atoms with Crippen LogP contribution in [0.15, 0.2) is 47.4 Å². The zero-order chi connectivity index (χ0) is 16.4. The van der Waals surface area contributed by atoms with Crippen molar-refractivity contribution in [2.45, 2.75) is 37.9 Å². The van der Waals surface area contributed by atoms with Crippen LogP contribution in [0.2, 0.25) is 0 Å². The van der Waals surface area contributed by atoms with Crippen molar-refractivity contribution in [3.63, 3.8) is 0 Å². The van der Waals surface area contributed by atoms with E-state index >= 15 is 0 Å². The molecule has 0 radical (unpaired) electrons. The smallest absolute Gasteiger partial charge is 0.240 e. The molecule has 122 valence electrons. The van der Waals surface area contributed by atoms with E-state index in [4.69, 9.17) is 4.74 Å².